The smallest absolute Gasteiger partial charge is 0.463 e. The minimum absolute atomic E-state index is 0.375. The Labute approximate surface area is 95.9 Å². The Hall–Kier alpha value is -1.31. The van der Waals surface area contributed by atoms with Gasteiger partial charge in [-0.2, -0.15) is 13.2 Å². The highest BCUT2D eigenvalue weighted by atomic mass is 19.4. The summed E-state index contributed by atoms with van der Waals surface area (Å²) >= 11 is 0. The number of hydrogen-bond acceptors (Lipinski definition) is 4. The summed E-state index contributed by atoms with van der Waals surface area (Å²) in [6.07, 6.45) is -7.26. The molecule has 0 heterocycles. The van der Waals surface area contributed by atoms with E-state index < -0.39 is 37.1 Å². The Balaban J connectivity index is 3.92. The van der Waals surface area contributed by atoms with Crippen molar-refractivity contribution in [3.8, 4) is 0 Å². The highest BCUT2D eigenvalue weighted by Crippen LogP contribution is 2.13. The molecule has 1 amide bonds. The van der Waals surface area contributed by atoms with Crippen molar-refractivity contribution in [3.63, 3.8) is 0 Å². The zero-order valence-corrected chi connectivity index (χ0v) is 9.37. The van der Waals surface area contributed by atoms with Crippen molar-refractivity contribution in [2.45, 2.75) is 38.7 Å². The number of hydrogen-bond donors (Lipinski definition) is 2. The van der Waals surface area contributed by atoms with Crippen molar-refractivity contribution in [2.75, 3.05) is 6.54 Å². The number of ether oxygens (including phenoxy) is 1. The Morgan fingerprint density at radius 2 is 1.88 bits per heavy atom. The summed E-state index contributed by atoms with van der Waals surface area (Å²) in [4.78, 5) is 21.4. The number of esters is 1. The molecule has 0 saturated heterocycles. The highest BCUT2D eigenvalue weighted by Gasteiger charge is 2.38. The van der Waals surface area contributed by atoms with Crippen LogP contribution >= 0.6 is 0 Å². The molecule has 0 rings (SSSR count). The molecule has 2 N–H and O–H groups in total. The fourth-order valence-corrected chi connectivity index (χ4v) is 0.886. The van der Waals surface area contributed by atoms with Crippen molar-refractivity contribution in [3.05, 3.63) is 0 Å². The van der Waals surface area contributed by atoms with Gasteiger partial charge in [0.05, 0.1) is 18.6 Å². The van der Waals surface area contributed by atoms with E-state index in [-0.39, 0.29) is 6.10 Å². The van der Waals surface area contributed by atoms with E-state index in [1.807, 2.05) is 0 Å². The first-order valence-corrected chi connectivity index (χ1v) is 4.85. The SMILES string of the molecule is CC(C)OC(=O)C[C@H](O)CNC(=O)C(F)(F)F. The van der Waals surface area contributed by atoms with E-state index >= 15 is 0 Å². The molecular weight excluding hydrogens is 243 g/mol. The summed E-state index contributed by atoms with van der Waals surface area (Å²) in [5.74, 6) is -2.90. The van der Waals surface area contributed by atoms with Crippen LogP contribution in [0.5, 0.6) is 0 Å². The second-order valence-electron chi connectivity index (χ2n) is 3.60. The maximum atomic E-state index is 11.7. The van der Waals surface area contributed by atoms with Gasteiger partial charge in [-0.1, -0.05) is 0 Å². The summed E-state index contributed by atoms with van der Waals surface area (Å²) < 4.78 is 39.9. The van der Waals surface area contributed by atoms with Crippen LogP contribution in [0.25, 0.3) is 0 Å². The zero-order chi connectivity index (χ0) is 13.6. The third-order valence-corrected chi connectivity index (χ3v) is 1.53. The van der Waals surface area contributed by atoms with Crippen LogP contribution in [0, 0.1) is 0 Å². The van der Waals surface area contributed by atoms with Crippen molar-refractivity contribution >= 4 is 11.9 Å². The fourth-order valence-electron chi connectivity index (χ4n) is 0.886. The van der Waals surface area contributed by atoms with Crippen LogP contribution in [-0.4, -0.2) is 41.9 Å². The second kappa shape index (κ2) is 6.43. The average molecular weight is 257 g/mol. The standard InChI is InChI=1S/C9H14F3NO4/c1-5(2)17-7(15)3-6(14)4-13-8(16)9(10,11)12/h5-6,14H,3-4H2,1-2H3,(H,13,16)/t6-/m0/s1. The number of amides is 1. The minimum atomic E-state index is -5.00. The molecule has 0 bridgehead atoms. The first-order valence-electron chi connectivity index (χ1n) is 4.85. The van der Waals surface area contributed by atoms with Crippen LogP contribution < -0.4 is 5.32 Å². The highest BCUT2D eigenvalue weighted by molar-refractivity contribution is 5.81. The number of alkyl halides is 3. The second-order valence-corrected chi connectivity index (χ2v) is 3.60. The molecule has 0 aliphatic carbocycles. The predicted molar refractivity (Wildman–Crippen MR) is 50.9 cm³/mol. The molecule has 0 aliphatic rings. The first-order chi connectivity index (χ1) is 7.62. The Kier molecular flexibility index (Phi) is 5.94. The summed E-state index contributed by atoms with van der Waals surface area (Å²) in [6, 6.07) is 0. The molecule has 0 aromatic rings. The molecule has 0 fully saturated rings. The zero-order valence-electron chi connectivity index (χ0n) is 9.37. The lowest BCUT2D eigenvalue weighted by atomic mass is 10.2. The van der Waals surface area contributed by atoms with Gasteiger partial charge in [-0.05, 0) is 13.8 Å². The molecule has 1 atom stereocenters. The Bertz CT molecular complexity index is 278. The summed E-state index contributed by atoms with van der Waals surface area (Å²) in [7, 11) is 0. The first kappa shape index (κ1) is 15.7. The van der Waals surface area contributed by atoms with E-state index in [1.165, 1.54) is 5.32 Å². The molecule has 0 aliphatic heterocycles. The maximum Gasteiger partial charge on any atom is 0.471 e. The lowest BCUT2D eigenvalue weighted by Gasteiger charge is -2.13. The van der Waals surface area contributed by atoms with Gasteiger partial charge in [0.1, 0.15) is 0 Å². The van der Waals surface area contributed by atoms with Gasteiger partial charge in [0.2, 0.25) is 0 Å². The van der Waals surface area contributed by atoms with Crippen molar-refractivity contribution < 1.29 is 32.6 Å². The van der Waals surface area contributed by atoms with Crippen LogP contribution in [-0.2, 0) is 14.3 Å². The normalized spacial score (nSPS) is 13.4. The molecule has 100 valence electrons. The number of aliphatic hydroxyl groups excluding tert-OH is 1. The Morgan fingerprint density at radius 1 is 1.35 bits per heavy atom. The van der Waals surface area contributed by atoms with E-state index in [0.717, 1.165) is 0 Å². The quantitative estimate of drug-likeness (QED) is 0.698. The number of rotatable bonds is 5. The fraction of sp³-hybridized carbons (Fsp3) is 0.778. The predicted octanol–water partition coefficient (Wildman–Crippen LogP) is 0.367. The molecule has 17 heavy (non-hydrogen) atoms. The van der Waals surface area contributed by atoms with Crippen LogP contribution in [0.15, 0.2) is 0 Å². The average Bonchev–Trinajstić information content (AvgIpc) is 2.10. The largest absolute Gasteiger partial charge is 0.471 e. The third-order valence-electron chi connectivity index (χ3n) is 1.53. The van der Waals surface area contributed by atoms with Crippen molar-refractivity contribution in [2.24, 2.45) is 0 Å². The molecule has 0 unspecified atom stereocenters. The van der Waals surface area contributed by atoms with E-state index in [4.69, 9.17) is 5.11 Å². The topological polar surface area (TPSA) is 75.6 Å². The van der Waals surface area contributed by atoms with Crippen LogP contribution in [0.2, 0.25) is 0 Å². The Morgan fingerprint density at radius 3 is 2.29 bits per heavy atom. The van der Waals surface area contributed by atoms with Crippen molar-refractivity contribution in [1.29, 1.82) is 0 Å². The summed E-state index contributed by atoms with van der Waals surface area (Å²) in [6.45, 7) is 2.52. The van der Waals surface area contributed by atoms with Gasteiger partial charge in [-0.3, -0.25) is 9.59 Å². The number of aliphatic hydroxyl groups is 1. The lowest BCUT2D eigenvalue weighted by Crippen LogP contribution is -2.41. The van der Waals surface area contributed by atoms with E-state index in [0.29, 0.717) is 0 Å². The van der Waals surface area contributed by atoms with Crippen LogP contribution in [0.1, 0.15) is 20.3 Å². The third kappa shape index (κ3) is 7.56. The van der Waals surface area contributed by atoms with Crippen LogP contribution in [0.3, 0.4) is 0 Å². The van der Waals surface area contributed by atoms with E-state index in [9.17, 15) is 22.8 Å². The molecule has 0 saturated carbocycles. The number of nitrogens with one attached hydrogen (secondary N) is 1. The van der Waals surface area contributed by atoms with Crippen LogP contribution in [0.4, 0.5) is 13.2 Å². The number of carbonyl (C=O) groups is 2. The van der Waals surface area contributed by atoms with Crippen molar-refractivity contribution in [1.82, 2.24) is 5.32 Å². The maximum absolute atomic E-state index is 11.7. The molecule has 0 aromatic heterocycles. The molecule has 0 spiro atoms. The van der Waals surface area contributed by atoms with Gasteiger partial charge < -0.3 is 15.2 Å². The molecule has 0 aromatic carbocycles. The summed E-state index contributed by atoms with van der Waals surface area (Å²) in [5.41, 5.74) is 0. The monoisotopic (exact) mass is 257 g/mol. The molecule has 8 heteroatoms. The van der Waals surface area contributed by atoms with Gasteiger partial charge in [0.25, 0.3) is 0 Å². The summed E-state index contributed by atoms with van der Waals surface area (Å²) in [5, 5.41) is 10.6. The van der Waals surface area contributed by atoms with Gasteiger partial charge in [0.15, 0.2) is 0 Å². The van der Waals surface area contributed by atoms with E-state index in [2.05, 4.69) is 4.74 Å². The minimum Gasteiger partial charge on any atom is -0.463 e. The molecular formula is C9H14F3NO4. The molecule has 0 radical (unpaired) electrons. The van der Waals surface area contributed by atoms with Gasteiger partial charge in [0, 0.05) is 6.54 Å². The van der Waals surface area contributed by atoms with Gasteiger partial charge >= 0.3 is 18.1 Å². The lowest BCUT2D eigenvalue weighted by molar-refractivity contribution is -0.174. The van der Waals surface area contributed by atoms with E-state index in [1.54, 1.807) is 13.8 Å². The van der Waals surface area contributed by atoms with Gasteiger partial charge in [-0.25, -0.2) is 0 Å². The molecule has 5 nitrogen and oxygen atoms in total. The number of halogens is 3. The van der Waals surface area contributed by atoms with Gasteiger partial charge in [-0.15, -0.1) is 0 Å². The number of carbonyl (C=O) groups excluding carboxylic acids is 2.